The highest BCUT2D eigenvalue weighted by Crippen LogP contribution is 2.25. The van der Waals surface area contributed by atoms with Crippen LogP contribution in [0.2, 0.25) is 5.02 Å². The van der Waals surface area contributed by atoms with Gasteiger partial charge in [-0.3, -0.25) is 4.98 Å². The van der Waals surface area contributed by atoms with Crippen LogP contribution < -0.4 is 5.32 Å². The Morgan fingerprint density at radius 1 is 1.35 bits per heavy atom. The van der Waals surface area contributed by atoms with Crippen LogP contribution in [0.25, 0.3) is 10.9 Å². The molecule has 3 aromatic rings. The van der Waals surface area contributed by atoms with E-state index in [0.29, 0.717) is 6.04 Å². The summed E-state index contributed by atoms with van der Waals surface area (Å²) in [6, 6.07) is 8.33. The smallest absolute Gasteiger partial charge is 0.147 e. The summed E-state index contributed by atoms with van der Waals surface area (Å²) >= 11 is 6.26. The summed E-state index contributed by atoms with van der Waals surface area (Å²) in [4.78, 5) is 8.95. The van der Waals surface area contributed by atoms with Crippen molar-refractivity contribution in [3.63, 3.8) is 0 Å². The van der Waals surface area contributed by atoms with Crippen LogP contribution in [0, 0.1) is 6.92 Å². The predicted molar refractivity (Wildman–Crippen MR) is 90.5 cm³/mol. The fourth-order valence-electron chi connectivity index (χ4n) is 3.19. The molecular weight excluding hydrogens is 310 g/mol. The summed E-state index contributed by atoms with van der Waals surface area (Å²) in [6.07, 6.45) is 3.86. The molecule has 6 heteroatoms. The minimum Gasteiger partial charge on any atom is -0.308 e. The average molecular weight is 328 g/mol. The molecule has 1 aliphatic rings. The zero-order valence-corrected chi connectivity index (χ0v) is 13.7. The SMILES string of the molecule is Cc1nc2n(n1)CC(NCc1ccc(Cl)c3cccnc13)CC2. The first kappa shape index (κ1) is 14.6. The normalized spacial score (nSPS) is 17.4. The number of rotatable bonds is 3. The molecule has 0 bridgehead atoms. The number of nitrogens with zero attached hydrogens (tertiary/aromatic N) is 4. The van der Waals surface area contributed by atoms with Gasteiger partial charge < -0.3 is 5.32 Å². The van der Waals surface area contributed by atoms with Crippen molar-refractivity contribution in [1.29, 1.82) is 0 Å². The summed E-state index contributed by atoms with van der Waals surface area (Å²) in [5.74, 6) is 1.95. The molecule has 1 N–H and O–H groups in total. The van der Waals surface area contributed by atoms with Gasteiger partial charge in [-0.15, -0.1) is 0 Å². The van der Waals surface area contributed by atoms with E-state index in [9.17, 15) is 0 Å². The van der Waals surface area contributed by atoms with E-state index in [1.165, 1.54) is 5.56 Å². The molecule has 118 valence electrons. The quantitative estimate of drug-likeness (QED) is 0.803. The lowest BCUT2D eigenvalue weighted by Gasteiger charge is -2.24. The Morgan fingerprint density at radius 2 is 2.26 bits per heavy atom. The van der Waals surface area contributed by atoms with Crippen molar-refractivity contribution in [1.82, 2.24) is 25.1 Å². The molecule has 1 aromatic carbocycles. The molecule has 0 fully saturated rings. The summed E-state index contributed by atoms with van der Waals surface area (Å²) in [5.41, 5.74) is 2.14. The Kier molecular flexibility index (Phi) is 3.75. The summed E-state index contributed by atoms with van der Waals surface area (Å²) in [6.45, 7) is 3.59. The lowest BCUT2D eigenvalue weighted by Crippen LogP contribution is -2.37. The zero-order valence-electron chi connectivity index (χ0n) is 13.0. The number of halogens is 1. The summed E-state index contributed by atoms with van der Waals surface area (Å²) < 4.78 is 2.02. The van der Waals surface area contributed by atoms with Crippen molar-refractivity contribution >= 4 is 22.5 Å². The van der Waals surface area contributed by atoms with Gasteiger partial charge in [0.05, 0.1) is 12.1 Å². The van der Waals surface area contributed by atoms with Gasteiger partial charge >= 0.3 is 0 Å². The number of aryl methyl sites for hydroxylation is 2. The maximum absolute atomic E-state index is 6.26. The molecule has 0 saturated heterocycles. The molecule has 1 atom stereocenters. The van der Waals surface area contributed by atoms with Crippen LogP contribution in [0.1, 0.15) is 23.6 Å². The van der Waals surface area contributed by atoms with Gasteiger partial charge in [-0.05, 0) is 37.1 Å². The van der Waals surface area contributed by atoms with Crippen molar-refractivity contribution in [3.05, 3.63) is 52.7 Å². The first-order chi connectivity index (χ1) is 11.2. The van der Waals surface area contributed by atoms with E-state index in [0.717, 1.165) is 53.5 Å². The fourth-order valence-corrected chi connectivity index (χ4v) is 3.41. The lowest BCUT2D eigenvalue weighted by molar-refractivity contribution is 0.358. The third kappa shape index (κ3) is 2.82. The number of aromatic nitrogens is 4. The monoisotopic (exact) mass is 327 g/mol. The topological polar surface area (TPSA) is 55.6 Å². The predicted octanol–water partition coefficient (Wildman–Crippen LogP) is 2.89. The van der Waals surface area contributed by atoms with Crippen molar-refractivity contribution in [2.75, 3.05) is 0 Å². The molecule has 2 aromatic heterocycles. The van der Waals surface area contributed by atoms with Crippen LogP contribution >= 0.6 is 11.6 Å². The molecule has 0 saturated carbocycles. The number of fused-ring (bicyclic) bond motifs is 2. The molecular formula is C17H18ClN5. The van der Waals surface area contributed by atoms with Gasteiger partial charge in [0.15, 0.2) is 0 Å². The van der Waals surface area contributed by atoms with Crippen LogP contribution in [0.3, 0.4) is 0 Å². The van der Waals surface area contributed by atoms with E-state index in [1.807, 2.05) is 36.0 Å². The highest BCUT2D eigenvalue weighted by atomic mass is 35.5. The molecule has 0 spiro atoms. The van der Waals surface area contributed by atoms with Crippen LogP contribution in [-0.2, 0) is 19.5 Å². The van der Waals surface area contributed by atoms with Crippen molar-refractivity contribution in [2.45, 2.75) is 38.9 Å². The van der Waals surface area contributed by atoms with E-state index in [4.69, 9.17) is 11.6 Å². The largest absolute Gasteiger partial charge is 0.308 e. The summed E-state index contributed by atoms with van der Waals surface area (Å²) in [7, 11) is 0. The number of benzene rings is 1. The van der Waals surface area contributed by atoms with E-state index < -0.39 is 0 Å². The second-order valence-corrected chi connectivity index (χ2v) is 6.39. The van der Waals surface area contributed by atoms with E-state index in [-0.39, 0.29) is 0 Å². The Morgan fingerprint density at radius 3 is 3.17 bits per heavy atom. The van der Waals surface area contributed by atoms with Gasteiger partial charge in [0.2, 0.25) is 0 Å². The molecule has 1 unspecified atom stereocenters. The van der Waals surface area contributed by atoms with Gasteiger partial charge in [-0.2, -0.15) is 5.10 Å². The van der Waals surface area contributed by atoms with Gasteiger partial charge in [-0.1, -0.05) is 17.7 Å². The zero-order chi connectivity index (χ0) is 15.8. The third-order valence-corrected chi connectivity index (χ3v) is 4.67. The molecule has 4 rings (SSSR count). The van der Waals surface area contributed by atoms with Crippen LogP contribution in [0.5, 0.6) is 0 Å². The minimum absolute atomic E-state index is 0.401. The summed E-state index contributed by atoms with van der Waals surface area (Å²) in [5, 5.41) is 9.83. The Balaban J connectivity index is 1.51. The van der Waals surface area contributed by atoms with Crippen LogP contribution in [0.15, 0.2) is 30.5 Å². The Labute approximate surface area is 139 Å². The second-order valence-electron chi connectivity index (χ2n) is 5.98. The van der Waals surface area contributed by atoms with Crippen molar-refractivity contribution in [2.24, 2.45) is 0 Å². The first-order valence-corrected chi connectivity index (χ1v) is 8.24. The highest BCUT2D eigenvalue weighted by molar-refractivity contribution is 6.35. The average Bonchev–Trinajstić information content (AvgIpc) is 2.94. The molecule has 0 amide bonds. The van der Waals surface area contributed by atoms with Gasteiger partial charge in [-0.25, -0.2) is 9.67 Å². The number of nitrogens with one attached hydrogen (secondary N) is 1. The Bertz CT molecular complexity index is 857. The van der Waals surface area contributed by atoms with E-state index >= 15 is 0 Å². The maximum Gasteiger partial charge on any atom is 0.147 e. The number of pyridine rings is 1. The molecule has 0 aliphatic carbocycles. The molecule has 5 nitrogen and oxygen atoms in total. The van der Waals surface area contributed by atoms with Gasteiger partial charge in [0, 0.05) is 35.6 Å². The van der Waals surface area contributed by atoms with Crippen LogP contribution in [-0.4, -0.2) is 25.8 Å². The lowest BCUT2D eigenvalue weighted by atomic mass is 10.1. The number of hydrogen-bond acceptors (Lipinski definition) is 4. The fraction of sp³-hybridized carbons (Fsp3) is 0.353. The number of hydrogen-bond donors (Lipinski definition) is 1. The molecule has 1 aliphatic heterocycles. The molecule has 3 heterocycles. The molecule has 0 radical (unpaired) electrons. The maximum atomic E-state index is 6.26. The second kappa shape index (κ2) is 5.91. The van der Waals surface area contributed by atoms with Crippen molar-refractivity contribution < 1.29 is 0 Å². The van der Waals surface area contributed by atoms with E-state index in [2.05, 4.69) is 26.4 Å². The van der Waals surface area contributed by atoms with Crippen LogP contribution in [0.4, 0.5) is 0 Å². The molecule has 23 heavy (non-hydrogen) atoms. The first-order valence-electron chi connectivity index (χ1n) is 7.86. The standard InChI is InChI=1S/C17H18ClN5/c1-11-21-16-7-5-13(10-23(16)22-11)20-9-12-4-6-15(18)14-3-2-8-19-17(12)14/h2-4,6,8,13,20H,5,7,9-10H2,1H3. The van der Waals surface area contributed by atoms with E-state index in [1.54, 1.807) is 0 Å². The van der Waals surface area contributed by atoms with Gasteiger partial charge in [0.1, 0.15) is 11.6 Å². The Hall–Kier alpha value is -1.98. The highest BCUT2D eigenvalue weighted by Gasteiger charge is 2.20. The minimum atomic E-state index is 0.401. The third-order valence-electron chi connectivity index (χ3n) is 4.35. The van der Waals surface area contributed by atoms with Gasteiger partial charge in [0.25, 0.3) is 0 Å². The van der Waals surface area contributed by atoms with Crippen molar-refractivity contribution in [3.8, 4) is 0 Å².